The summed E-state index contributed by atoms with van der Waals surface area (Å²) in [5.74, 6) is 0. The van der Waals surface area contributed by atoms with Crippen molar-refractivity contribution in [3.63, 3.8) is 0 Å². The first-order valence-corrected chi connectivity index (χ1v) is 6.29. The van der Waals surface area contributed by atoms with E-state index in [9.17, 15) is 5.11 Å². The third-order valence-electron chi connectivity index (χ3n) is 2.54. The number of aliphatic hydroxyl groups excluding tert-OH is 1. The van der Waals surface area contributed by atoms with Crippen LogP contribution in [0.5, 0.6) is 0 Å². The molecule has 1 aromatic heterocycles. The predicted molar refractivity (Wildman–Crippen MR) is 69.0 cm³/mol. The van der Waals surface area contributed by atoms with Gasteiger partial charge < -0.3 is 5.11 Å². The fourth-order valence-electron chi connectivity index (χ4n) is 1.63. The van der Waals surface area contributed by atoms with Crippen LogP contribution in [-0.4, -0.2) is 10.1 Å². The topological polar surface area (TPSA) is 33.1 Å². The monoisotopic (exact) mass is 235 g/mol. The predicted octanol–water partition coefficient (Wildman–Crippen LogP) is 3.65. The van der Waals surface area contributed by atoms with Crippen LogP contribution in [0.4, 0.5) is 0 Å². The number of fused-ring (bicyclic) bond motifs is 1. The van der Waals surface area contributed by atoms with Gasteiger partial charge in [0.15, 0.2) is 0 Å². The largest absolute Gasteiger partial charge is 0.389 e. The van der Waals surface area contributed by atoms with E-state index in [2.05, 4.69) is 31.8 Å². The first kappa shape index (κ1) is 11.6. The van der Waals surface area contributed by atoms with Crippen LogP contribution in [-0.2, 0) is 5.41 Å². The summed E-state index contributed by atoms with van der Waals surface area (Å²) in [7, 11) is 0. The van der Waals surface area contributed by atoms with Crippen LogP contribution < -0.4 is 0 Å². The average Bonchev–Trinajstić information content (AvgIpc) is 2.59. The molecule has 0 bridgehead atoms. The van der Waals surface area contributed by atoms with Crippen LogP contribution in [0.3, 0.4) is 0 Å². The van der Waals surface area contributed by atoms with Crippen molar-refractivity contribution >= 4 is 21.6 Å². The fourth-order valence-corrected chi connectivity index (χ4v) is 2.69. The zero-order valence-electron chi connectivity index (χ0n) is 10.1. The Bertz CT molecular complexity index is 508. The molecule has 0 saturated carbocycles. The molecule has 0 radical (unpaired) electrons. The van der Waals surface area contributed by atoms with Crippen LogP contribution in [0.2, 0.25) is 0 Å². The molecule has 0 aliphatic carbocycles. The lowest BCUT2D eigenvalue weighted by atomic mass is 9.98. The van der Waals surface area contributed by atoms with E-state index < -0.39 is 6.10 Å². The van der Waals surface area contributed by atoms with Gasteiger partial charge in [-0.3, -0.25) is 0 Å². The molecule has 2 aromatic rings. The Kier molecular flexibility index (Phi) is 2.76. The fraction of sp³-hybridized carbons (Fsp3) is 0.462. The molecule has 1 heterocycles. The number of hydrogen-bond acceptors (Lipinski definition) is 3. The highest BCUT2D eigenvalue weighted by Crippen LogP contribution is 2.33. The summed E-state index contributed by atoms with van der Waals surface area (Å²) in [4.78, 5) is 4.66. The number of aliphatic hydroxyl groups is 1. The summed E-state index contributed by atoms with van der Waals surface area (Å²) in [5, 5.41) is 10.8. The zero-order valence-corrected chi connectivity index (χ0v) is 10.9. The molecule has 1 aromatic carbocycles. The smallest absolute Gasteiger partial charge is 0.0992 e. The second-order valence-corrected chi connectivity index (χ2v) is 6.17. The van der Waals surface area contributed by atoms with Gasteiger partial charge in [-0.1, -0.05) is 32.9 Å². The zero-order chi connectivity index (χ0) is 11.9. The van der Waals surface area contributed by atoms with Gasteiger partial charge in [0.05, 0.1) is 21.3 Å². The molecule has 0 saturated heterocycles. The summed E-state index contributed by atoms with van der Waals surface area (Å²) < 4.78 is 1.16. The molecule has 0 aliphatic rings. The summed E-state index contributed by atoms with van der Waals surface area (Å²) in [5.41, 5.74) is 1.94. The number of hydrogen-bond donors (Lipinski definition) is 1. The molecule has 0 fully saturated rings. The Balaban J connectivity index is 2.66. The van der Waals surface area contributed by atoms with E-state index in [0.29, 0.717) is 0 Å². The van der Waals surface area contributed by atoms with Crippen LogP contribution in [0.15, 0.2) is 18.2 Å². The van der Waals surface area contributed by atoms with E-state index in [-0.39, 0.29) is 5.41 Å². The van der Waals surface area contributed by atoms with E-state index in [1.807, 2.05) is 12.1 Å². The standard InChI is InChI=1S/C13H17NOS/c1-8(15)9-6-5-7-10-11(9)14-12(16-10)13(2,3)4/h5-8,15H,1-4H3. The molecular weight excluding hydrogens is 218 g/mol. The van der Waals surface area contributed by atoms with Crippen molar-refractivity contribution in [1.29, 1.82) is 0 Å². The van der Waals surface area contributed by atoms with Crippen molar-refractivity contribution < 1.29 is 5.11 Å². The van der Waals surface area contributed by atoms with Gasteiger partial charge in [0.25, 0.3) is 0 Å². The van der Waals surface area contributed by atoms with Gasteiger partial charge in [-0.05, 0) is 13.0 Å². The number of para-hydroxylation sites is 1. The minimum Gasteiger partial charge on any atom is -0.389 e. The van der Waals surface area contributed by atoms with Gasteiger partial charge in [-0.2, -0.15) is 0 Å². The minimum absolute atomic E-state index is 0.0691. The Labute approximate surface area is 100.0 Å². The molecule has 1 unspecified atom stereocenters. The number of thiazole rings is 1. The maximum atomic E-state index is 9.70. The van der Waals surface area contributed by atoms with Crippen molar-refractivity contribution in [1.82, 2.24) is 4.98 Å². The van der Waals surface area contributed by atoms with Gasteiger partial charge in [0, 0.05) is 11.0 Å². The number of nitrogens with zero attached hydrogens (tertiary/aromatic N) is 1. The van der Waals surface area contributed by atoms with Gasteiger partial charge in [0.2, 0.25) is 0 Å². The Morgan fingerprint density at radius 2 is 2.00 bits per heavy atom. The Morgan fingerprint density at radius 3 is 2.56 bits per heavy atom. The first-order chi connectivity index (χ1) is 7.39. The number of rotatable bonds is 1. The molecule has 86 valence electrons. The van der Waals surface area contributed by atoms with E-state index in [1.165, 1.54) is 0 Å². The highest BCUT2D eigenvalue weighted by Gasteiger charge is 2.20. The Morgan fingerprint density at radius 1 is 1.31 bits per heavy atom. The lowest BCUT2D eigenvalue weighted by molar-refractivity contribution is 0.200. The third kappa shape index (κ3) is 1.97. The summed E-state index contributed by atoms with van der Waals surface area (Å²) in [6.07, 6.45) is -0.460. The van der Waals surface area contributed by atoms with Gasteiger partial charge in [-0.15, -0.1) is 11.3 Å². The van der Waals surface area contributed by atoms with Crippen LogP contribution >= 0.6 is 11.3 Å². The second-order valence-electron chi connectivity index (χ2n) is 5.14. The molecule has 3 heteroatoms. The van der Waals surface area contributed by atoms with Crippen LogP contribution in [0, 0.1) is 0 Å². The van der Waals surface area contributed by atoms with Crippen molar-refractivity contribution in [2.24, 2.45) is 0 Å². The van der Waals surface area contributed by atoms with Gasteiger partial charge >= 0.3 is 0 Å². The van der Waals surface area contributed by atoms with Crippen molar-refractivity contribution in [2.45, 2.75) is 39.2 Å². The minimum atomic E-state index is -0.460. The molecule has 0 spiro atoms. The lowest BCUT2D eigenvalue weighted by Crippen LogP contribution is -2.10. The second kappa shape index (κ2) is 3.82. The highest BCUT2D eigenvalue weighted by molar-refractivity contribution is 7.18. The SMILES string of the molecule is CC(O)c1cccc2sc(C(C)(C)C)nc12. The molecule has 1 atom stereocenters. The highest BCUT2D eigenvalue weighted by atomic mass is 32.1. The van der Waals surface area contributed by atoms with E-state index >= 15 is 0 Å². The quantitative estimate of drug-likeness (QED) is 0.818. The van der Waals surface area contributed by atoms with Gasteiger partial charge in [-0.25, -0.2) is 4.98 Å². The summed E-state index contributed by atoms with van der Waals surface area (Å²) in [6, 6.07) is 5.99. The van der Waals surface area contributed by atoms with E-state index in [4.69, 9.17) is 0 Å². The maximum Gasteiger partial charge on any atom is 0.0992 e. The molecular formula is C13H17NOS. The van der Waals surface area contributed by atoms with Gasteiger partial charge in [0.1, 0.15) is 0 Å². The maximum absolute atomic E-state index is 9.70. The van der Waals surface area contributed by atoms with Crippen molar-refractivity contribution in [3.05, 3.63) is 28.8 Å². The molecule has 2 nitrogen and oxygen atoms in total. The van der Waals surface area contributed by atoms with Crippen molar-refractivity contribution in [2.75, 3.05) is 0 Å². The summed E-state index contributed by atoms with van der Waals surface area (Å²) >= 11 is 1.71. The summed E-state index contributed by atoms with van der Waals surface area (Å²) in [6.45, 7) is 8.26. The van der Waals surface area contributed by atoms with E-state index in [1.54, 1.807) is 18.3 Å². The molecule has 0 aliphatic heterocycles. The normalized spacial score (nSPS) is 14.3. The first-order valence-electron chi connectivity index (χ1n) is 5.47. The molecule has 1 N–H and O–H groups in total. The molecule has 2 rings (SSSR count). The molecule has 16 heavy (non-hydrogen) atoms. The number of benzene rings is 1. The lowest BCUT2D eigenvalue weighted by Gasteiger charge is -2.13. The van der Waals surface area contributed by atoms with Crippen molar-refractivity contribution in [3.8, 4) is 0 Å². The Hall–Kier alpha value is -0.930. The molecule has 0 amide bonds. The average molecular weight is 235 g/mol. The number of aromatic nitrogens is 1. The van der Waals surface area contributed by atoms with Crippen LogP contribution in [0.1, 0.15) is 44.4 Å². The van der Waals surface area contributed by atoms with E-state index in [0.717, 1.165) is 20.8 Å². The van der Waals surface area contributed by atoms with Crippen LogP contribution in [0.25, 0.3) is 10.2 Å². The third-order valence-corrected chi connectivity index (χ3v) is 3.99.